The number of methoxy groups -OCH3 is 2. The molecule has 4 rings (SSSR count). The van der Waals surface area contributed by atoms with Gasteiger partial charge in [-0.15, -0.1) is 0 Å². The van der Waals surface area contributed by atoms with E-state index in [1.54, 1.807) is 19.1 Å². The second kappa shape index (κ2) is 8.86. The highest BCUT2D eigenvalue weighted by Gasteiger charge is 2.41. The molecule has 3 aromatic rings. The maximum atomic E-state index is 13.2. The summed E-state index contributed by atoms with van der Waals surface area (Å²) in [5.41, 5.74) is 3.14. The number of carbonyl (C=O) groups is 1. The van der Waals surface area contributed by atoms with Crippen LogP contribution in [-0.2, 0) is 11.3 Å². The van der Waals surface area contributed by atoms with Crippen LogP contribution in [-0.4, -0.2) is 30.1 Å². The third-order valence-corrected chi connectivity index (χ3v) is 6.11. The summed E-state index contributed by atoms with van der Waals surface area (Å²) in [6.07, 6.45) is 0. The molecule has 1 amide bonds. The second-order valence-corrected chi connectivity index (χ2v) is 8.05. The lowest BCUT2D eigenvalue weighted by Crippen LogP contribution is -2.30. The van der Waals surface area contributed by atoms with Gasteiger partial charge in [-0.25, -0.2) is 0 Å². The van der Waals surface area contributed by atoms with Gasteiger partial charge in [0.2, 0.25) is 0 Å². The first kappa shape index (κ1) is 21.0. The average molecular weight is 480 g/mol. The minimum atomic E-state index is -0.456. The van der Waals surface area contributed by atoms with Crippen LogP contribution in [0.5, 0.6) is 11.5 Å². The van der Waals surface area contributed by atoms with E-state index < -0.39 is 11.9 Å². The van der Waals surface area contributed by atoms with Crippen molar-refractivity contribution in [3.63, 3.8) is 0 Å². The number of hydrogen-bond donors (Lipinski definition) is 1. The van der Waals surface area contributed by atoms with Gasteiger partial charge in [0, 0.05) is 16.6 Å². The number of halogens is 1. The molecule has 0 saturated carbocycles. The number of ether oxygens (including phenoxy) is 2. The predicted octanol–water partition coefficient (Wildman–Crippen LogP) is 5.52. The highest BCUT2D eigenvalue weighted by Crippen LogP contribution is 2.46. The molecule has 1 aliphatic rings. The van der Waals surface area contributed by atoms with Gasteiger partial charge in [0.05, 0.1) is 20.3 Å². The summed E-state index contributed by atoms with van der Waals surface area (Å²) in [7, 11) is 3.21. The molecule has 3 aromatic carbocycles. The predicted molar refractivity (Wildman–Crippen MR) is 123 cm³/mol. The van der Waals surface area contributed by atoms with Crippen molar-refractivity contribution >= 4 is 27.4 Å². The van der Waals surface area contributed by atoms with E-state index in [4.69, 9.17) is 9.47 Å². The number of benzene rings is 3. The Morgan fingerprint density at radius 1 is 0.935 bits per heavy atom. The molecule has 1 atom stereocenters. The molecule has 5 nitrogen and oxygen atoms in total. The van der Waals surface area contributed by atoms with Gasteiger partial charge in [0.25, 0.3) is 5.91 Å². The van der Waals surface area contributed by atoms with Gasteiger partial charge < -0.3 is 19.5 Å². The zero-order valence-electron chi connectivity index (χ0n) is 17.2. The molecular formula is C25H22BrNO4. The summed E-state index contributed by atoms with van der Waals surface area (Å²) in [5.74, 6) is 0.774. The first-order valence-electron chi connectivity index (χ1n) is 9.79. The van der Waals surface area contributed by atoms with Crippen LogP contribution in [0.15, 0.2) is 83.0 Å². The molecule has 1 heterocycles. The van der Waals surface area contributed by atoms with Gasteiger partial charge in [-0.3, -0.25) is 4.79 Å². The molecule has 0 saturated heterocycles. The molecule has 158 valence electrons. The lowest BCUT2D eigenvalue weighted by Gasteiger charge is -2.28. The quantitative estimate of drug-likeness (QED) is 0.505. The average Bonchev–Trinajstić information content (AvgIpc) is 3.04. The standard InChI is InChI=1S/C25H22BrNO4/c1-30-18-12-10-17(11-13-18)22-23(20-8-3-4-9-21(20)26)27(25(29)24(22)28)15-16-6-5-7-19(14-16)31-2/h3-14,23,28H,15H2,1-2H3/t23-/m0/s1. The maximum absolute atomic E-state index is 13.2. The Morgan fingerprint density at radius 2 is 1.65 bits per heavy atom. The Kier molecular flexibility index (Phi) is 6.00. The number of amides is 1. The summed E-state index contributed by atoms with van der Waals surface area (Å²) >= 11 is 3.62. The third-order valence-electron chi connectivity index (χ3n) is 5.39. The zero-order chi connectivity index (χ0) is 22.0. The molecular weight excluding hydrogens is 458 g/mol. The molecule has 1 aliphatic heterocycles. The molecule has 6 heteroatoms. The number of aliphatic hydroxyl groups excluding tert-OH is 1. The summed E-state index contributed by atoms with van der Waals surface area (Å²) in [5, 5.41) is 10.9. The smallest absolute Gasteiger partial charge is 0.290 e. The number of nitrogens with zero attached hydrogens (tertiary/aromatic N) is 1. The van der Waals surface area contributed by atoms with Crippen molar-refractivity contribution < 1.29 is 19.4 Å². The van der Waals surface area contributed by atoms with Crippen LogP contribution in [0.2, 0.25) is 0 Å². The fraction of sp³-hybridized carbons (Fsp3) is 0.160. The Morgan fingerprint density at radius 3 is 2.32 bits per heavy atom. The first-order valence-corrected chi connectivity index (χ1v) is 10.6. The van der Waals surface area contributed by atoms with E-state index in [0.717, 1.165) is 21.2 Å². The van der Waals surface area contributed by atoms with Crippen molar-refractivity contribution in [3.8, 4) is 11.5 Å². The molecule has 0 spiro atoms. The van der Waals surface area contributed by atoms with E-state index in [-0.39, 0.29) is 5.76 Å². The van der Waals surface area contributed by atoms with Crippen LogP contribution in [0.1, 0.15) is 22.7 Å². The van der Waals surface area contributed by atoms with Crippen LogP contribution < -0.4 is 9.47 Å². The van der Waals surface area contributed by atoms with E-state index in [0.29, 0.717) is 23.6 Å². The van der Waals surface area contributed by atoms with Crippen molar-refractivity contribution in [3.05, 3.63) is 99.7 Å². The SMILES string of the molecule is COc1ccc(C2=C(O)C(=O)N(Cc3cccc(OC)c3)[C@H]2c2ccccc2Br)cc1. The van der Waals surface area contributed by atoms with Crippen LogP contribution >= 0.6 is 15.9 Å². The third kappa shape index (κ3) is 4.03. The van der Waals surface area contributed by atoms with Crippen molar-refractivity contribution in [2.75, 3.05) is 14.2 Å². The Bertz CT molecular complexity index is 1140. The monoisotopic (exact) mass is 479 g/mol. The van der Waals surface area contributed by atoms with E-state index in [9.17, 15) is 9.90 Å². The molecule has 0 bridgehead atoms. The maximum Gasteiger partial charge on any atom is 0.290 e. The van der Waals surface area contributed by atoms with E-state index in [2.05, 4.69) is 15.9 Å². The normalized spacial score (nSPS) is 16.0. The van der Waals surface area contributed by atoms with Crippen LogP contribution in [0, 0.1) is 0 Å². The summed E-state index contributed by atoms with van der Waals surface area (Å²) < 4.78 is 11.4. The Hall–Kier alpha value is -3.25. The largest absolute Gasteiger partial charge is 0.503 e. The molecule has 31 heavy (non-hydrogen) atoms. The van der Waals surface area contributed by atoms with Gasteiger partial charge in [-0.1, -0.05) is 58.4 Å². The fourth-order valence-electron chi connectivity index (χ4n) is 3.87. The van der Waals surface area contributed by atoms with Crippen molar-refractivity contribution in [1.82, 2.24) is 4.90 Å². The van der Waals surface area contributed by atoms with E-state index in [1.165, 1.54) is 0 Å². The molecule has 0 aliphatic carbocycles. The second-order valence-electron chi connectivity index (χ2n) is 7.20. The van der Waals surface area contributed by atoms with Crippen molar-refractivity contribution in [2.24, 2.45) is 0 Å². The molecule has 0 radical (unpaired) electrons. The van der Waals surface area contributed by atoms with Crippen molar-refractivity contribution in [1.29, 1.82) is 0 Å². The fourth-order valence-corrected chi connectivity index (χ4v) is 4.37. The zero-order valence-corrected chi connectivity index (χ0v) is 18.8. The number of carbonyl (C=O) groups excluding carboxylic acids is 1. The minimum absolute atomic E-state index is 0.242. The lowest BCUT2D eigenvalue weighted by molar-refractivity contribution is -0.130. The minimum Gasteiger partial charge on any atom is -0.503 e. The number of hydrogen-bond acceptors (Lipinski definition) is 4. The topological polar surface area (TPSA) is 59.0 Å². The van der Waals surface area contributed by atoms with Crippen LogP contribution in [0.3, 0.4) is 0 Å². The van der Waals surface area contributed by atoms with Gasteiger partial charge in [0.1, 0.15) is 11.5 Å². The highest BCUT2D eigenvalue weighted by molar-refractivity contribution is 9.10. The summed E-state index contributed by atoms with van der Waals surface area (Å²) in [6.45, 7) is 0.325. The lowest BCUT2D eigenvalue weighted by atomic mass is 9.93. The van der Waals surface area contributed by atoms with Gasteiger partial charge in [0.15, 0.2) is 5.76 Å². The number of aliphatic hydroxyl groups is 1. The number of rotatable bonds is 6. The highest BCUT2D eigenvalue weighted by atomic mass is 79.9. The Balaban J connectivity index is 1.81. The van der Waals surface area contributed by atoms with Gasteiger partial charge in [-0.2, -0.15) is 0 Å². The van der Waals surface area contributed by atoms with E-state index >= 15 is 0 Å². The van der Waals surface area contributed by atoms with E-state index in [1.807, 2.05) is 72.8 Å². The van der Waals surface area contributed by atoms with Crippen molar-refractivity contribution in [2.45, 2.75) is 12.6 Å². The molecule has 0 unspecified atom stereocenters. The summed E-state index contributed by atoms with van der Waals surface area (Å²) in [4.78, 5) is 14.9. The Labute approximate surface area is 189 Å². The van der Waals surface area contributed by atoms with Crippen LogP contribution in [0.4, 0.5) is 0 Å². The first-order chi connectivity index (χ1) is 15.0. The molecule has 0 fully saturated rings. The van der Waals surface area contributed by atoms with Gasteiger partial charge >= 0.3 is 0 Å². The summed E-state index contributed by atoms with van der Waals surface area (Å²) in [6, 6.07) is 22.2. The van der Waals surface area contributed by atoms with Crippen LogP contribution in [0.25, 0.3) is 5.57 Å². The molecule has 0 aromatic heterocycles. The molecule has 1 N–H and O–H groups in total. The van der Waals surface area contributed by atoms with Gasteiger partial charge in [-0.05, 0) is 47.0 Å².